The number of halogens is 1. The van der Waals surface area contributed by atoms with Crippen molar-refractivity contribution >= 4 is 22.0 Å². The highest BCUT2D eigenvalue weighted by Crippen LogP contribution is 2.32. The van der Waals surface area contributed by atoms with Crippen molar-refractivity contribution in [3.8, 4) is 0 Å². The molecule has 0 radical (unpaired) electrons. The number of urea groups is 1. The Bertz CT molecular complexity index is 457. The SMILES string of the molecule is O=C(NC1CC1)NC1CCc2cc(Br)ccc21. The second kappa shape index (κ2) is 4.33. The maximum absolute atomic E-state index is 11.7. The van der Waals surface area contributed by atoms with Crippen LogP contribution >= 0.6 is 15.9 Å². The predicted molar refractivity (Wildman–Crippen MR) is 69.9 cm³/mol. The molecule has 1 saturated carbocycles. The van der Waals surface area contributed by atoms with Gasteiger partial charge in [-0.1, -0.05) is 22.0 Å². The summed E-state index contributed by atoms with van der Waals surface area (Å²) in [6, 6.07) is 6.87. The van der Waals surface area contributed by atoms with Gasteiger partial charge in [-0.15, -0.1) is 0 Å². The minimum absolute atomic E-state index is 0.0201. The molecule has 0 spiro atoms. The number of amides is 2. The first kappa shape index (κ1) is 11.1. The summed E-state index contributed by atoms with van der Waals surface area (Å²) in [6.45, 7) is 0. The van der Waals surface area contributed by atoms with Crippen LogP contribution in [0.1, 0.15) is 36.4 Å². The van der Waals surface area contributed by atoms with E-state index in [9.17, 15) is 4.79 Å². The lowest BCUT2D eigenvalue weighted by Gasteiger charge is -2.14. The Morgan fingerprint density at radius 3 is 2.82 bits per heavy atom. The third-order valence-corrected chi connectivity index (χ3v) is 3.89. The Labute approximate surface area is 109 Å². The molecule has 3 rings (SSSR count). The highest BCUT2D eigenvalue weighted by atomic mass is 79.9. The van der Waals surface area contributed by atoms with Crippen molar-refractivity contribution in [3.05, 3.63) is 33.8 Å². The number of carbonyl (C=O) groups is 1. The standard InChI is InChI=1S/C13H15BrN2O/c14-9-2-5-11-8(7-9)1-6-12(11)16-13(17)15-10-3-4-10/h2,5,7,10,12H,1,3-4,6H2,(H2,15,16,17). The average molecular weight is 295 g/mol. The molecule has 0 aliphatic heterocycles. The van der Waals surface area contributed by atoms with Gasteiger partial charge in [-0.05, 0) is 48.9 Å². The van der Waals surface area contributed by atoms with E-state index in [4.69, 9.17) is 0 Å². The molecule has 2 aliphatic carbocycles. The van der Waals surface area contributed by atoms with Crippen molar-refractivity contribution in [2.24, 2.45) is 0 Å². The minimum Gasteiger partial charge on any atom is -0.335 e. The normalized spacial score (nSPS) is 22.1. The van der Waals surface area contributed by atoms with Gasteiger partial charge in [0, 0.05) is 10.5 Å². The zero-order chi connectivity index (χ0) is 11.8. The summed E-state index contributed by atoms with van der Waals surface area (Å²) >= 11 is 3.48. The van der Waals surface area contributed by atoms with Gasteiger partial charge in [-0.2, -0.15) is 0 Å². The van der Waals surface area contributed by atoms with Crippen molar-refractivity contribution in [1.29, 1.82) is 0 Å². The third kappa shape index (κ3) is 2.46. The lowest BCUT2D eigenvalue weighted by Crippen LogP contribution is -2.38. The van der Waals surface area contributed by atoms with Crippen molar-refractivity contribution in [2.75, 3.05) is 0 Å². The summed E-state index contributed by atoms with van der Waals surface area (Å²) < 4.78 is 1.11. The van der Waals surface area contributed by atoms with Crippen molar-refractivity contribution in [3.63, 3.8) is 0 Å². The maximum Gasteiger partial charge on any atom is 0.315 e. The van der Waals surface area contributed by atoms with Gasteiger partial charge in [0.25, 0.3) is 0 Å². The molecule has 90 valence electrons. The van der Waals surface area contributed by atoms with E-state index in [0.29, 0.717) is 6.04 Å². The number of benzene rings is 1. The van der Waals surface area contributed by atoms with Crippen molar-refractivity contribution in [2.45, 2.75) is 37.8 Å². The molecule has 2 N–H and O–H groups in total. The Kier molecular flexibility index (Phi) is 2.82. The van der Waals surface area contributed by atoms with Gasteiger partial charge in [0.05, 0.1) is 6.04 Å². The number of fused-ring (bicyclic) bond motifs is 1. The van der Waals surface area contributed by atoms with Crippen LogP contribution in [-0.2, 0) is 6.42 Å². The van der Waals surface area contributed by atoms with Gasteiger partial charge in [-0.25, -0.2) is 4.79 Å². The van der Waals surface area contributed by atoms with Gasteiger partial charge in [0.2, 0.25) is 0 Å². The van der Waals surface area contributed by atoms with Crippen LogP contribution in [0.25, 0.3) is 0 Å². The molecule has 1 aromatic rings. The lowest BCUT2D eigenvalue weighted by molar-refractivity contribution is 0.236. The Balaban J connectivity index is 1.68. The molecule has 17 heavy (non-hydrogen) atoms. The summed E-state index contributed by atoms with van der Waals surface area (Å²) in [5.74, 6) is 0. The van der Waals surface area contributed by atoms with Crippen LogP contribution in [0.5, 0.6) is 0 Å². The van der Waals surface area contributed by atoms with E-state index >= 15 is 0 Å². The topological polar surface area (TPSA) is 41.1 Å². The van der Waals surface area contributed by atoms with E-state index in [2.05, 4.69) is 38.7 Å². The fraction of sp³-hybridized carbons (Fsp3) is 0.462. The van der Waals surface area contributed by atoms with E-state index in [1.807, 2.05) is 6.07 Å². The Morgan fingerprint density at radius 2 is 2.06 bits per heavy atom. The number of nitrogens with one attached hydrogen (secondary N) is 2. The Hall–Kier alpha value is -1.03. The van der Waals surface area contributed by atoms with E-state index in [-0.39, 0.29) is 12.1 Å². The van der Waals surface area contributed by atoms with Gasteiger partial charge < -0.3 is 10.6 Å². The molecule has 2 amide bonds. The van der Waals surface area contributed by atoms with Crippen molar-refractivity contribution < 1.29 is 4.79 Å². The second-order valence-electron chi connectivity index (χ2n) is 4.83. The predicted octanol–water partition coefficient (Wildman–Crippen LogP) is 2.90. The molecule has 1 aromatic carbocycles. The van der Waals surface area contributed by atoms with Crippen molar-refractivity contribution in [1.82, 2.24) is 10.6 Å². The van der Waals surface area contributed by atoms with Crippen LogP contribution < -0.4 is 10.6 Å². The molecule has 0 heterocycles. The molecule has 1 atom stereocenters. The fourth-order valence-electron chi connectivity index (χ4n) is 2.35. The first-order valence-electron chi connectivity index (χ1n) is 6.08. The van der Waals surface area contributed by atoms with Crippen LogP contribution in [-0.4, -0.2) is 12.1 Å². The molecule has 3 nitrogen and oxygen atoms in total. The largest absolute Gasteiger partial charge is 0.335 e. The molecular weight excluding hydrogens is 280 g/mol. The maximum atomic E-state index is 11.7. The number of carbonyl (C=O) groups excluding carboxylic acids is 1. The monoisotopic (exact) mass is 294 g/mol. The van der Waals surface area contributed by atoms with E-state index in [0.717, 1.165) is 30.2 Å². The summed E-state index contributed by atoms with van der Waals surface area (Å²) in [6.07, 6.45) is 4.30. The van der Waals surface area contributed by atoms with Crippen LogP contribution in [0, 0.1) is 0 Å². The summed E-state index contributed by atoms with van der Waals surface area (Å²) in [5.41, 5.74) is 2.61. The molecule has 2 aliphatic rings. The van der Waals surface area contributed by atoms with Crippen LogP contribution in [0.15, 0.2) is 22.7 Å². The lowest BCUT2D eigenvalue weighted by atomic mass is 10.1. The number of hydrogen-bond donors (Lipinski definition) is 2. The van der Waals surface area contributed by atoms with Gasteiger partial charge >= 0.3 is 6.03 Å². The van der Waals surface area contributed by atoms with Gasteiger partial charge in [0.1, 0.15) is 0 Å². The molecular formula is C13H15BrN2O. The summed E-state index contributed by atoms with van der Waals surface area (Å²) in [5, 5.41) is 6.02. The quantitative estimate of drug-likeness (QED) is 0.865. The zero-order valence-electron chi connectivity index (χ0n) is 9.50. The van der Waals surface area contributed by atoms with Gasteiger partial charge in [0.15, 0.2) is 0 Å². The third-order valence-electron chi connectivity index (χ3n) is 3.40. The van der Waals surface area contributed by atoms with E-state index in [1.54, 1.807) is 0 Å². The number of rotatable bonds is 2. The molecule has 1 fully saturated rings. The molecule has 0 bridgehead atoms. The smallest absolute Gasteiger partial charge is 0.315 e. The fourth-order valence-corrected chi connectivity index (χ4v) is 2.76. The summed E-state index contributed by atoms with van der Waals surface area (Å²) in [4.78, 5) is 11.7. The van der Waals surface area contributed by atoms with E-state index in [1.165, 1.54) is 11.1 Å². The first-order valence-corrected chi connectivity index (χ1v) is 6.87. The molecule has 4 heteroatoms. The van der Waals surface area contributed by atoms with Crippen LogP contribution in [0.2, 0.25) is 0 Å². The minimum atomic E-state index is -0.0201. The Morgan fingerprint density at radius 1 is 1.24 bits per heavy atom. The molecule has 0 aromatic heterocycles. The highest BCUT2D eigenvalue weighted by molar-refractivity contribution is 9.10. The van der Waals surface area contributed by atoms with E-state index < -0.39 is 0 Å². The molecule has 0 saturated heterocycles. The van der Waals surface area contributed by atoms with Crippen LogP contribution in [0.3, 0.4) is 0 Å². The highest BCUT2D eigenvalue weighted by Gasteiger charge is 2.27. The van der Waals surface area contributed by atoms with Gasteiger partial charge in [-0.3, -0.25) is 0 Å². The second-order valence-corrected chi connectivity index (χ2v) is 5.74. The van der Waals surface area contributed by atoms with Crippen LogP contribution in [0.4, 0.5) is 4.79 Å². The zero-order valence-corrected chi connectivity index (χ0v) is 11.1. The average Bonchev–Trinajstić information content (AvgIpc) is 3.01. The number of aryl methyl sites for hydroxylation is 1. The number of hydrogen-bond acceptors (Lipinski definition) is 1. The summed E-state index contributed by atoms with van der Waals surface area (Å²) in [7, 11) is 0. The first-order chi connectivity index (χ1) is 8.22. The molecule has 1 unspecified atom stereocenters.